The van der Waals surface area contributed by atoms with Gasteiger partial charge in [-0.3, -0.25) is 0 Å². The van der Waals surface area contributed by atoms with Crippen molar-refractivity contribution < 1.29 is 14.6 Å². The van der Waals surface area contributed by atoms with Crippen LogP contribution in [-0.4, -0.2) is 17.7 Å². The highest BCUT2D eigenvalue weighted by Gasteiger charge is 2.24. The molecule has 0 aromatic carbocycles. The first-order chi connectivity index (χ1) is 8.15. The van der Waals surface area contributed by atoms with Gasteiger partial charge in [-0.05, 0) is 38.0 Å². The normalized spacial score (nSPS) is 25.4. The second-order valence-electron chi connectivity index (χ2n) is 4.73. The van der Waals surface area contributed by atoms with Gasteiger partial charge in [0.2, 0.25) is 0 Å². The second kappa shape index (κ2) is 7.15. The molecule has 1 rings (SSSR count). The van der Waals surface area contributed by atoms with Crippen molar-refractivity contribution in [3.05, 3.63) is 24.5 Å². The molecule has 3 heteroatoms. The number of aliphatic carboxylic acids is 1. The van der Waals surface area contributed by atoms with E-state index in [9.17, 15) is 4.79 Å². The number of rotatable bonds is 6. The largest absolute Gasteiger partial charge is 0.502 e. The van der Waals surface area contributed by atoms with Crippen LogP contribution in [0.4, 0.5) is 0 Å². The number of carboxylic acids is 1. The molecule has 0 bridgehead atoms. The minimum Gasteiger partial charge on any atom is -0.502 e. The van der Waals surface area contributed by atoms with Crippen LogP contribution in [0.1, 0.15) is 39.0 Å². The molecule has 96 valence electrons. The molecule has 1 fully saturated rings. The Kier molecular flexibility index (Phi) is 5.81. The third kappa shape index (κ3) is 4.63. The lowest BCUT2D eigenvalue weighted by Crippen LogP contribution is -2.23. The molecule has 0 aromatic rings. The van der Waals surface area contributed by atoms with Crippen molar-refractivity contribution >= 4 is 5.97 Å². The molecule has 17 heavy (non-hydrogen) atoms. The van der Waals surface area contributed by atoms with Crippen LogP contribution in [0.25, 0.3) is 0 Å². The van der Waals surface area contributed by atoms with Crippen molar-refractivity contribution in [1.82, 2.24) is 0 Å². The van der Waals surface area contributed by atoms with E-state index in [4.69, 9.17) is 9.84 Å². The number of hydrogen-bond acceptors (Lipinski definition) is 2. The summed E-state index contributed by atoms with van der Waals surface area (Å²) >= 11 is 0. The summed E-state index contributed by atoms with van der Waals surface area (Å²) in [7, 11) is 0. The van der Waals surface area contributed by atoms with Crippen molar-refractivity contribution in [1.29, 1.82) is 0 Å². The van der Waals surface area contributed by atoms with E-state index in [1.54, 1.807) is 6.92 Å². The monoisotopic (exact) mass is 238 g/mol. The number of allylic oxidation sites excluding steroid dienone is 1. The third-order valence-corrected chi connectivity index (χ3v) is 3.56. The number of carbonyl (C=O) groups is 1. The van der Waals surface area contributed by atoms with Gasteiger partial charge in [0.15, 0.2) is 0 Å². The van der Waals surface area contributed by atoms with E-state index < -0.39 is 5.97 Å². The van der Waals surface area contributed by atoms with Crippen LogP contribution in [0.5, 0.6) is 0 Å². The molecule has 1 aliphatic carbocycles. The lowest BCUT2D eigenvalue weighted by Gasteiger charge is -2.30. The zero-order valence-corrected chi connectivity index (χ0v) is 10.5. The van der Waals surface area contributed by atoms with E-state index in [2.05, 4.69) is 6.58 Å². The van der Waals surface area contributed by atoms with Gasteiger partial charge in [0.25, 0.3) is 0 Å². The Labute approximate surface area is 103 Å². The minimum absolute atomic E-state index is 0.443. The minimum atomic E-state index is -0.820. The fourth-order valence-corrected chi connectivity index (χ4v) is 2.42. The molecule has 1 aliphatic rings. The Morgan fingerprint density at radius 1 is 1.41 bits per heavy atom. The molecule has 1 saturated carbocycles. The average Bonchev–Trinajstić information content (AvgIpc) is 2.34. The summed E-state index contributed by atoms with van der Waals surface area (Å²) in [5.41, 5.74) is 0.443. The van der Waals surface area contributed by atoms with Gasteiger partial charge in [-0.2, -0.15) is 0 Å². The van der Waals surface area contributed by atoms with Crippen molar-refractivity contribution in [2.45, 2.75) is 39.0 Å². The summed E-state index contributed by atoms with van der Waals surface area (Å²) < 4.78 is 5.28. The highest BCUT2D eigenvalue weighted by Crippen LogP contribution is 2.33. The molecule has 1 N–H and O–H groups in total. The van der Waals surface area contributed by atoms with Crippen LogP contribution in [0.2, 0.25) is 0 Å². The van der Waals surface area contributed by atoms with Gasteiger partial charge in [0.1, 0.15) is 0 Å². The lowest BCUT2D eigenvalue weighted by atomic mass is 9.77. The van der Waals surface area contributed by atoms with Crippen molar-refractivity contribution in [3.63, 3.8) is 0 Å². The fourth-order valence-electron chi connectivity index (χ4n) is 2.42. The van der Waals surface area contributed by atoms with Gasteiger partial charge in [-0.15, -0.1) is 0 Å². The van der Waals surface area contributed by atoms with Crippen molar-refractivity contribution in [2.75, 3.05) is 6.61 Å². The van der Waals surface area contributed by atoms with Crippen LogP contribution in [0.3, 0.4) is 0 Å². The number of ether oxygens (including phenoxy) is 1. The average molecular weight is 238 g/mol. The van der Waals surface area contributed by atoms with E-state index in [-0.39, 0.29) is 0 Å². The Morgan fingerprint density at radius 3 is 2.65 bits per heavy atom. The highest BCUT2D eigenvalue weighted by atomic mass is 16.5. The lowest BCUT2D eigenvalue weighted by molar-refractivity contribution is -0.132. The van der Waals surface area contributed by atoms with Crippen LogP contribution >= 0.6 is 0 Å². The van der Waals surface area contributed by atoms with Gasteiger partial charge < -0.3 is 9.84 Å². The first-order valence-electron chi connectivity index (χ1n) is 6.27. The van der Waals surface area contributed by atoms with E-state index in [1.165, 1.54) is 31.9 Å². The summed E-state index contributed by atoms with van der Waals surface area (Å²) in [6.45, 7) is 5.93. The van der Waals surface area contributed by atoms with Gasteiger partial charge in [0, 0.05) is 5.57 Å². The maximum atomic E-state index is 10.7. The molecule has 0 aliphatic heterocycles. The first kappa shape index (κ1) is 13.8. The SMILES string of the molecule is C=COCC1CCCCC1CC=C(C)C(=O)O. The summed E-state index contributed by atoms with van der Waals surface area (Å²) in [4.78, 5) is 10.7. The van der Waals surface area contributed by atoms with Gasteiger partial charge in [0.05, 0.1) is 12.9 Å². The van der Waals surface area contributed by atoms with E-state index in [0.29, 0.717) is 24.0 Å². The van der Waals surface area contributed by atoms with E-state index in [1.807, 2.05) is 6.08 Å². The zero-order chi connectivity index (χ0) is 12.7. The molecule has 0 heterocycles. The zero-order valence-electron chi connectivity index (χ0n) is 10.5. The summed E-state index contributed by atoms with van der Waals surface area (Å²) in [5, 5.41) is 8.81. The predicted octanol–water partition coefficient (Wildman–Crippen LogP) is 3.37. The Hall–Kier alpha value is -1.25. The molecule has 2 atom stereocenters. The fraction of sp³-hybridized carbons (Fsp3) is 0.643. The van der Waals surface area contributed by atoms with Crippen molar-refractivity contribution in [2.24, 2.45) is 11.8 Å². The van der Waals surface area contributed by atoms with Crippen LogP contribution in [-0.2, 0) is 9.53 Å². The van der Waals surface area contributed by atoms with Crippen LogP contribution in [0.15, 0.2) is 24.5 Å². The maximum absolute atomic E-state index is 10.7. The van der Waals surface area contributed by atoms with Gasteiger partial charge in [-0.25, -0.2) is 4.79 Å². The topological polar surface area (TPSA) is 46.5 Å². The smallest absolute Gasteiger partial charge is 0.330 e. The Bertz CT molecular complexity index is 294. The predicted molar refractivity (Wildman–Crippen MR) is 67.6 cm³/mol. The molecule has 0 amide bonds. The molecule has 3 nitrogen and oxygen atoms in total. The standard InChI is InChI=1S/C14H22O3/c1-3-17-10-13-7-5-4-6-12(13)9-8-11(2)14(15)16/h3,8,12-13H,1,4-7,9-10H2,2H3,(H,15,16). The van der Waals surface area contributed by atoms with Gasteiger partial charge >= 0.3 is 5.97 Å². The molecule has 0 aromatic heterocycles. The van der Waals surface area contributed by atoms with Crippen molar-refractivity contribution in [3.8, 4) is 0 Å². The number of hydrogen-bond donors (Lipinski definition) is 1. The first-order valence-corrected chi connectivity index (χ1v) is 6.27. The molecule has 2 unspecified atom stereocenters. The molecular formula is C14H22O3. The Balaban J connectivity index is 2.50. The summed E-state index contributed by atoms with van der Waals surface area (Å²) in [5.74, 6) is 0.275. The van der Waals surface area contributed by atoms with Crippen LogP contribution in [0, 0.1) is 11.8 Å². The Morgan fingerprint density at radius 2 is 2.06 bits per heavy atom. The second-order valence-corrected chi connectivity index (χ2v) is 4.73. The van der Waals surface area contributed by atoms with Gasteiger partial charge in [-0.1, -0.05) is 25.5 Å². The van der Waals surface area contributed by atoms with E-state index in [0.717, 1.165) is 6.42 Å². The van der Waals surface area contributed by atoms with Crippen LogP contribution < -0.4 is 0 Å². The highest BCUT2D eigenvalue weighted by molar-refractivity contribution is 5.85. The van der Waals surface area contributed by atoms with E-state index >= 15 is 0 Å². The quantitative estimate of drug-likeness (QED) is 0.570. The summed E-state index contributed by atoms with van der Waals surface area (Å²) in [6, 6.07) is 0. The third-order valence-electron chi connectivity index (χ3n) is 3.56. The maximum Gasteiger partial charge on any atom is 0.330 e. The molecular weight excluding hydrogens is 216 g/mol. The molecule has 0 radical (unpaired) electrons. The molecule has 0 spiro atoms. The molecule has 0 saturated heterocycles. The summed E-state index contributed by atoms with van der Waals surface area (Å²) in [6.07, 6.45) is 9.04. The number of carboxylic acid groups (broad SMARTS) is 1.